The molecule has 2 unspecified atom stereocenters. The molecule has 0 spiro atoms. The van der Waals surface area contributed by atoms with Crippen LogP contribution >= 0.6 is 11.8 Å². The maximum absolute atomic E-state index is 5.96. The van der Waals surface area contributed by atoms with Crippen LogP contribution in [-0.2, 0) is 11.2 Å². The van der Waals surface area contributed by atoms with Crippen molar-refractivity contribution in [2.45, 2.75) is 29.4 Å². The molecule has 1 aromatic rings. The first kappa shape index (κ1) is 11.6. The molecule has 1 fully saturated rings. The Balaban J connectivity index is 1.69. The molecule has 2 nitrogen and oxygen atoms in total. The summed E-state index contributed by atoms with van der Waals surface area (Å²) in [6.45, 7) is 2.51. The number of rotatable bonds is 3. The second kappa shape index (κ2) is 4.63. The maximum atomic E-state index is 5.96. The molecule has 2 aliphatic rings. The molecule has 2 aliphatic heterocycles. The summed E-state index contributed by atoms with van der Waals surface area (Å²) in [5.41, 5.74) is 7.72. The van der Waals surface area contributed by atoms with E-state index in [0.717, 1.165) is 26.2 Å². The van der Waals surface area contributed by atoms with Crippen LogP contribution in [0.4, 0.5) is 0 Å². The fraction of sp³-hybridized carbons (Fsp3) is 0.571. The van der Waals surface area contributed by atoms with E-state index in [2.05, 4.69) is 24.3 Å². The van der Waals surface area contributed by atoms with Crippen LogP contribution in [0.1, 0.15) is 18.4 Å². The highest BCUT2D eigenvalue weighted by molar-refractivity contribution is 8.00. The molecular weight excluding hydrogens is 230 g/mol. The highest BCUT2D eigenvalue weighted by Gasteiger charge is 2.37. The Labute approximate surface area is 107 Å². The molecule has 2 atom stereocenters. The van der Waals surface area contributed by atoms with Gasteiger partial charge in [0.05, 0.1) is 6.61 Å². The fourth-order valence-corrected chi connectivity index (χ4v) is 4.42. The van der Waals surface area contributed by atoms with Gasteiger partial charge in [0.1, 0.15) is 0 Å². The lowest BCUT2D eigenvalue weighted by Crippen LogP contribution is -2.34. The first-order valence-corrected chi connectivity index (χ1v) is 7.22. The number of fused-ring (bicyclic) bond motifs is 1. The zero-order valence-corrected chi connectivity index (χ0v) is 10.8. The third-order valence-electron chi connectivity index (χ3n) is 3.99. The lowest BCUT2D eigenvalue weighted by atomic mass is 9.81. The monoisotopic (exact) mass is 249 g/mol. The van der Waals surface area contributed by atoms with Gasteiger partial charge in [0.15, 0.2) is 0 Å². The van der Waals surface area contributed by atoms with Gasteiger partial charge in [0, 0.05) is 28.7 Å². The predicted octanol–water partition coefficient (Wildman–Crippen LogP) is 2.46. The summed E-state index contributed by atoms with van der Waals surface area (Å²) < 4.78 is 5.55. The Hall–Kier alpha value is -0.510. The molecule has 3 heteroatoms. The largest absolute Gasteiger partial charge is 0.381 e. The first-order chi connectivity index (χ1) is 8.31. The predicted molar refractivity (Wildman–Crippen MR) is 71.3 cm³/mol. The van der Waals surface area contributed by atoms with Gasteiger partial charge in [-0.3, -0.25) is 0 Å². The Morgan fingerprint density at radius 1 is 1.41 bits per heavy atom. The van der Waals surface area contributed by atoms with Crippen molar-refractivity contribution in [1.82, 2.24) is 0 Å². The molecule has 0 amide bonds. The number of benzene rings is 1. The molecule has 0 aliphatic carbocycles. The molecule has 92 valence electrons. The SMILES string of the molecule is NCC1(CC2Cc3ccccc3S2)CCOC1. The molecule has 2 heterocycles. The lowest BCUT2D eigenvalue weighted by molar-refractivity contribution is 0.149. The van der Waals surface area contributed by atoms with Crippen LogP contribution in [0.25, 0.3) is 0 Å². The quantitative estimate of drug-likeness (QED) is 0.893. The molecule has 0 saturated carbocycles. The number of thioether (sulfide) groups is 1. The van der Waals surface area contributed by atoms with Crippen molar-refractivity contribution in [2.24, 2.45) is 11.1 Å². The highest BCUT2D eigenvalue weighted by atomic mass is 32.2. The summed E-state index contributed by atoms with van der Waals surface area (Å²) in [7, 11) is 0. The summed E-state index contributed by atoms with van der Waals surface area (Å²) in [5.74, 6) is 0. The highest BCUT2D eigenvalue weighted by Crippen LogP contribution is 2.44. The number of hydrogen-bond acceptors (Lipinski definition) is 3. The number of ether oxygens (including phenoxy) is 1. The minimum atomic E-state index is 0.250. The smallest absolute Gasteiger partial charge is 0.0535 e. The average molecular weight is 249 g/mol. The van der Waals surface area contributed by atoms with Crippen LogP contribution in [0.3, 0.4) is 0 Å². The van der Waals surface area contributed by atoms with Gasteiger partial charge in [-0.1, -0.05) is 18.2 Å². The normalized spacial score (nSPS) is 31.7. The lowest BCUT2D eigenvalue weighted by Gasteiger charge is -2.28. The second-order valence-corrected chi connectivity index (χ2v) is 6.60. The fourth-order valence-electron chi connectivity index (χ4n) is 2.91. The standard InChI is InChI=1S/C14H19NOS/c15-9-14(5-6-16-10-14)8-12-7-11-3-1-2-4-13(11)17-12/h1-4,12H,5-10,15H2. The van der Waals surface area contributed by atoms with E-state index in [1.54, 1.807) is 0 Å². The van der Waals surface area contributed by atoms with Crippen molar-refractivity contribution in [3.63, 3.8) is 0 Å². The van der Waals surface area contributed by atoms with Gasteiger partial charge in [0.2, 0.25) is 0 Å². The van der Waals surface area contributed by atoms with Crippen molar-refractivity contribution < 1.29 is 4.74 Å². The minimum Gasteiger partial charge on any atom is -0.381 e. The van der Waals surface area contributed by atoms with E-state index in [0.29, 0.717) is 5.25 Å². The van der Waals surface area contributed by atoms with Crippen LogP contribution in [-0.4, -0.2) is 25.0 Å². The van der Waals surface area contributed by atoms with Gasteiger partial charge in [-0.25, -0.2) is 0 Å². The maximum Gasteiger partial charge on any atom is 0.0535 e. The van der Waals surface area contributed by atoms with E-state index in [-0.39, 0.29) is 5.41 Å². The van der Waals surface area contributed by atoms with Crippen LogP contribution in [0.5, 0.6) is 0 Å². The van der Waals surface area contributed by atoms with Gasteiger partial charge in [0.25, 0.3) is 0 Å². The number of nitrogens with two attached hydrogens (primary N) is 1. The van der Waals surface area contributed by atoms with Crippen LogP contribution in [0.15, 0.2) is 29.2 Å². The second-order valence-electron chi connectivity index (χ2n) is 5.26. The molecule has 0 bridgehead atoms. The summed E-state index contributed by atoms with van der Waals surface area (Å²) in [6, 6.07) is 8.76. The zero-order valence-electron chi connectivity index (χ0n) is 10.0. The van der Waals surface area contributed by atoms with Crippen LogP contribution < -0.4 is 5.73 Å². The third-order valence-corrected chi connectivity index (χ3v) is 5.31. The molecular formula is C14H19NOS. The third kappa shape index (κ3) is 2.24. The molecule has 1 aromatic carbocycles. The molecule has 1 saturated heterocycles. The molecule has 17 heavy (non-hydrogen) atoms. The van der Waals surface area contributed by atoms with E-state index in [1.807, 2.05) is 11.8 Å². The van der Waals surface area contributed by atoms with E-state index >= 15 is 0 Å². The van der Waals surface area contributed by atoms with Crippen LogP contribution in [0, 0.1) is 5.41 Å². The van der Waals surface area contributed by atoms with Gasteiger partial charge < -0.3 is 10.5 Å². The molecule has 0 aromatic heterocycles. The Morgan fingerprint density at radius 2 is 2.29 bits per heavy atom. The molecule has 0 radical (unpaired) electrons. The Morgan fingerprint density at radius 3 is 3.00 bits per heavy atom. The summed E-state index contributed by atoms with van der Waals surface area (Å²) in [4.78, 5) is 1.46. The van der Waals surface area contributed by atoms with E-state index in [4.69, 9.17) is 10.5 Å². The van der Waals surface area contributed by atoms with Gasteiger partial charge in [-0.15, -0.1) is 11.8 Å². The van der Waals surface area contributed by atoms with E-state index in [9.17, 15) is 0 Å². The van der Waals surface area contributed by atoms with Gasteiger partial charge >= 0.3 is 0 Å². The van der Waals surface area contributed by atoms with Gasteiger partial charge in [-0.05, 0) is 30.9 Å². The minimum absolute atomic E-state index is 0.250. The Kier molecular flexibility index (Phi) is 3.16. The molecule has 3 rings (SSSR count). The topological polar surface area (TPSA) is 35.2 Å². The molecule has 2 N–H and O–H groups in total. The number of hydrogen-bond donors (Lipinski definition) is 1. The van der Waals surface area contributed by atoms with Crippen molar-refractivity contribution in [3.05, 3.63) is 29.8 Å². The summed E-state index contributed by atoms with van der Waals surface area (Å²) in [5, 5.41) is 0.692. The van der Waals surface area contributed by atoms with Crippen molar-refractivity contribution in [3.8, 4) is 0 Å². The zero-order chi connectivity index (χ0) is 11.7. The van der Waals surface area contributed by atoms with E-state index in [1.165, 1.54) is 23.3 Å². The van der Waals surface area contributed by atoms with Gasteiger partial charge in [-0.2, -0.15) is 0 Å². The summed E-state index contributed by atoms with van der Waals surface area (Å²) >= 11 is 2.03. The van der Waals surface area contributed by atoms with Crippen molar-refractivity contribution >= 4 is 11.8 Å². The van der Waals surface area contributed by atoms with Crippen LogP contribution in [0.2, 0.25) is 0 Å². The average Bonchev–Trinajstić information content (AvgIpc) is 2.95. The van der Waals surface area contributed by atoms with Crippen molar-refractivity contribution in [2.75, 3.05) is 19.8 Å². The van der Waals surface area contributed by atoms with E-state index < -0.39 is 0 Å². The van der Waals surface area contributed by atoms with Crippen molar-refractivity contribution in [1.29, 1.82) is 0 Å². The summed E-state index contributed by atoms with van der Waals surface area (Å²) in [6.07, 6.45) is 3.53. The first-order valence-electron chi connectivity index (χ1n) is 6.34. The Bertz CT molecular complexity index is 376.